The van der Waals surface area contributed by atoms with Gasteiger partial charge in [-0.2, -0.15) is 0 Å². The Balaban J connectivity index is 1.06. The number of aryl methyl sites for hydroxylation is 2. The van der Waals surface area contributed by atoms with E-state index in [1.807, 2.05) is 24.3 Å². The summed E-state index contributed by atoms with van der Waals surface area (Å²) >= 11 is 0. The molecule has 7 aromatic carbocycles. The topological polar surface area (TPSA) is 6.48 Å². The first-order valence-electron chi connectivity index (χ1n) is 19.5. The fraction of sp³-hybridized carbons (Fsp3) is 0.0741. The van der Waals surface area contributed by atoms with Gasteiger partial charge in [0.25, 0.3) is 0 Å². The van der Waals surface area contributed by atoms with Crippen molar-refractivity contribution < 1.29 is 0 Å². The van der Waals surface area contributed by atoms with Crippen molar-refractivity contribution in [2.75, 3.05) is 9.80 Å². The maximum absolute atomic E-state index is 4.07. The van der Waals surface area contributed by atoms with Crippen molar-refractivity contribution in [3.05, 3.63) is 228 Å². The monoisotopic (exact) mass is 724 g/mol. The lowest BCUT2D eigenvalue weighted by molar-refractivity contribution is 1.09. The van der Waals surface area contributed by atoms with Gasteiger partial charge in [0.05, 0.1) is 11.4 Å². The van der Waals surface area contributed by atoms with Crippen LogP contribution in [0, 0.1) is 0 Å². The number of nitrogens with zero attached hydrogens (tertiary/aromatic N) is 2. The van der Waals surface area contributed by atoms with E-state index in [1.54, 1.807) is 0 Å². The van der Waals surface area contributed by atoms with Crippen molar-refractivity contribution >= 4 is 70.6 Å². The molecule has 0 aliphatic rings. The first kappa shape index (κ1) is 37.4. The fourth-order valence-electron chi connectivity index (χ4n) is 7.17. The van der Waals surface area contributed by atoms with E-state index >= 15 is 0 Å². The molecule has 0 spiro atoms. The highest BCUT2D eigenvalue weighted by atomic mass is 15.2. The Kier molecular flexibility index (Phi) is 12.0. The van der Waals surface area contributed by atoms with Crippen LogP contribution in [0.2, 0.25) is 0 Å². The zero-order valence-electron chi connectivity index (χ0n) is 32.4. The molecule has 0 atom stereocenters. The van der Waals surface area contributed by atoms with Gasteiger partial charge in [-0.1, -0.05) is 185 Å². The Hall–Kier alpha value is -6.90. The predicted molar refractivity (Wildman–Crippen MR) is 245 cm³/mol. The minimum Gasteiger partial charge on any atom is -0.310 e. The summed E-state index contributed by atoms with van der Waals surface area (Å²) in [5.41, 5.74) is 16.2. The molecule has 0 radical (unpaired) electrons. The van der Waals surface area contributed by atoms with E-state index < -0.39 is 0 Å². The van der Waals surface area contributed by atoms with E-state index in [0.717, 1.165) is 69.0 Å². The van der Waals surface area contributed by atoms with Gasteiger partial charge in [-0.05, 0) is 106 Å². The van der Waals surface area contributed by atoms with Crippen LogP contribution < -0.4 is 9.80 Å². The lowest BCUT2D eigenvalue weighted by Gasteiger charge is -2.29. The van der Waals surface area contributed by atoms with Crippen LogP contribution in [0.3, 0.4) is 0 Å². The van der Waals surface area contributed by atoms with Gasteiger partial charge in [0.1, 0.15) is 0 Å². The van der Waals surface area contributed by atoms with Crippen LogP contribution >= 0.6 is 0 Å². The van der Waals surface area contributed by atoms with Gasteiger partial charge >= 0.3 is 0 Å². The van der Waals surface area contributed by atoms with E-state index in [9.17, 15) is 0 Å². The third kappa shape index (κ3) is 8.41. The molecule has 7 rings (SSSR count). The number of rotatable bonds is 14. The molecule has 0 N–H and O–H groups in total. The summed E-state index contributed by atoms with van der Waals surface area (Å²) in [6.45, 7) is 12.6. The van der Waals surface area contributed by atoms with Crippen LogP contribution in [0.5, 0.6) is 0 Å². The average molecular weight is 725 g/mol. The molecule has 7 aromatic rings. The number of para-hydroxylation sites is 4. The zero-order valence-corrected chi connectivity index (χ0v) is 32.4. The molecule has 2 nitrogen and oxygen atoms in total. The normalized spacial score (nSPS) is 11.2. The van der Waals surface area contributed by atoms with Crippen LogP contribution in [0.15, 0.2) is 183 Å². The van der Waals surface area contributed by atoms with Crippen LogP contribution in [0.4, 0.5) is 34.1 Å². The number of hydrogen-bond donors (Lipinski definition) is 0. The first-order chi connectivity index (χ1) is 27.6. The highest BCUT2D eigenvalue weighted by molar-refractivity contribution is 5.87. The lowest BCUT2D eigenvalue weighted by atomic mass is 10.0. The summed E-state index contributed by atoms with van der Waals surface area (Å²) in [7, 11) is 0. The van der Waals surface area contributed by atoms with E-state index in [-0.39, 0.29) is 0 Å². The second-order valence-corrected chi connectivity index (χ2v) is 13.7. The van der Waals surface area contributed by atoms with Crippen molar-refractivity contribution in [1.82, 2.24) is 0 Å². The summed E-state index contributed by atoms with van der Waals surface area (Å²) in [5, 5.41) is 0. The average Bonchev–Trinajstić information content (AvgIpc) is 3.27. The molecule has 0 aromatic heterocycles. The Morgan fingerprint density at radius 1 is 0.357 bits per heavy atom. The van der Waals surface area contributed by atoms with Crippen LogP contribution in [0.25, 0.3) is 36.5 Å². The number of hydrogen-bond acceptors (Lipinski definition) is 2. The second kappa shape index (κ2) is 18.0. The first-order valence-corrected chi connectivity index (χ1v) is 19.5. The maximum atomic E-state index is 4.07. The highest BCUT2D eigenvalue weighted by Gasteiger charge is 2.18. The molecule has 0 amide bonds. The minimum atomic E-state index is 0.974. The smallest absolute Gasteiger partial charge is 0.0534 e. The third-order valence-electron chi connectivity index (χ3n) is 10.2. The van der Waals surface area contributed by atoms with Gasteiger partial charge in [0, 0.05) is 22.7 Å². The van der Waals surface area contributed by atoms with Crippen molar-refractivity contribution in [3.63, 3.8) is 0 Å². The summed E-state index contributed by atoms with van der Waals surface area (Å²) in [4.78, 5) is 4.68. The molecule has 0 fully saturated rings. The third-order valence-corrected chi connectivity index (χ3v) is 10.2. The Morgan fingerprint density at radius 2 is 0.643 bits per heavy atom. The molecular weight excluding hydrogens is 677 g/mol. The molecule has 0 aliphatic carbocycles. The lowest BCUT2D eigenvalue weighted by Crippen LogP contribution is -2.13. The summed E-state index contributed by atoms with van der Waals surface area (Å²) < 4.78 is 0. The van der Waals surface area contributed by atoms with E-state index in [2.05, 4.69) is 219 Å². The number of benzene rings is 7. The van der Waals surface area contributed by atoms with Crippen molar-refractivity contribution in [3.8, 4) is 0 Å². The van der Waals surface area contributed by atoms with Gasteiger partial charge < -0.3 is 9.80 Å². The predicted octanol–water partition coefficient (Wildman–Crippen LogP) is 15.4. The van der Waals surface area contributed by atoms with Gasteiger partial charge in [-0.15, -0.1) is 0 Å². The Morgan fingerprint density at radius 3 is 0.982 bits per heavy atom. The summed E-state index contributed by atoms with van der Waals surface area (Å²) in [6, 6.07) is 60.4. The quantitative estimate of drug-likeness (QED) is 0.103. The SMILES string of the molecule is C=Cc1ccccc1N(c1ccc(C=Cc2ccc(C=Cc3ccc(N(c4ccccc4CC)c4ccccc4CC)cc3)cc2)cc1)c1ccccc1C=C. The molecule has 274 valence electrons. The molecule has 56 heavy (non-hydrogen) atoms. The molecule has 0 bridgehead atoms. The Labute approximate surface area is 333 Å². The Bertz CT molecular complexity index is 2370. The largest absolute Gasteiger partial charge is 0.310 e. The van der Waals surface area contributed by atoms with Gasteiger partial charge in [-0.25, -0.2) is 0 Å². The van der Waals surface area contributed by atoms with Gasteiger partial charge in [0.15, 0.2) is 0 Å². The molecule has 0 aliphatic heterocycles. The van der Waals surface area contributed by atoms with Crippen LogP contribution in [0.1, 0.15) is 58.4 Å². The molecule has 0 saturated carbocycles. The van der Waals surface area contributed by atoms with Crippen molar-refractivity contribution in [2.24, 2.45) is 0 Å². The molecule has 0 unspecified atom stereocenters. The minimum absolute atomic E-state index is 0.974. The molecule has 0 saturated heterocycles. The van der Waals surface area contributed by atoms with Gasteiger partial charge in [-0.3, -0.25) is 0 Å². The molecular formula is C54H48N2. The van der Waals surface area contributed by atoms with E-state index in [4.69, 9.17) is 0 Å². The van der Waals surface area contributed by atoms with Gasteiger partial charge in [0.2, 0.25) is 0 Å². The van der Waals surface area contributed by atoms with Crippen molar-refractivity contribution in [1.29, 1.82) is 0 Å². The number of anilines is 6. The summed E-state index contributed by atoms with van der Waals surface area (Å²) in [6.07, 6.45) is 14.5. The highest BCUT2D eigenvalue weighted by Crippen LogP contribution is 2.40. The van der Waals surface area contributed by atoms with Crippen LogP contribution in [-0.4, -0.2) is 0 Å². The van der Waals surface area contributed by atoms with E-state index in [1.165, 1.54) is 22.5 Å². The standard InChI is InChI=1S/C54H48N2/c1-5-45-17-9-13-21-51(45)55(52-22-14-10-18-46(52)6-2)49-37-33-43(34-38-49)31-29-41-25-27-42(28-26-41)30-32-44-35-39-50(40-36-44)56(53-23-15-11-19-47(53)7-3)54-24-16-12-20-48(54)8-4/h5-6,9-40H,1-2,7-8H2,3-4H3. The van der Waals surface area contributed by atoms with E-state index in [0.29, 0.717) is 0 Å². The fourth-order valence-corrected chi connectivity index (χ4v) is 7.17. The van der Waals surface area contributed by atoms with Crippen LogP contribution in [-0.2, 0) is 12.8 Å². The molecule has 2 heteroatoms. The van der Waals surface area contributed by atoms with Crippen molar-refractivity contribution in [2.45, 2.75) is 26.7 Å². The maximum Gasteiger partial charge on any atom is 0.0534 e. The summed E-state index contributed by atoms with van der Waals surface area (Å²) in [5.74, 6) is 0. The zero-order chi connectivity index (χ0) is 38.7. The second-order valence-electron chi connectivity index (χ2n) is 13.7. The molecule has 0 heterocycles.